The molecule has 4 rings (SSSR count). The van der Waals surface area contributed by atoms with Crippen molar-refractivity contribution < 1.29 is 13.9 Å². The summed E-state index contributed by atoms with van der Waals surface area (Å²) in [6.45, 7) is 0.382. The lowest BCUT2D eigenvalue weighted by molar-refractivity contribution is 0.0717. The van der Waals surface area contributed by atoms with Crippen molar-refractivity contribution in [2.24, 2.45) is 0 Å². The number of hydrogen-bond acceptors (Lipinski definition) is 5. The SMILES string of the molecule is COc1ccc2cc(CN(Cc3ccco3)C(=O)c3ccncc3)c(=O)[nH]c2c1. The Hall–Kier alpha value is -3.87. The molecule has 0 radical (unpaired) electrons. The van der Waals surface area contributed by atoms with Gasteiger partial charge in [-0.05, 0) is 47.9 Å². The van der Waals surface area contributed by atoms with Crippen LogP contribution in [-0.4, -0.2) is 27.9 Å². The number of carbonyl (C=O) groups is 1. The van der Waals surface area contributed by atoms with Crippen LogP contribution in [0.5, 0.6) is 5.75 Å². The molecule has 0 aliphatic heterocycles. The number of methoxy groups -OCH3 is 1. The lowest BCUT2D eigenvalue weighted by atomic mass is 10.1. The van der Waals surface area contributed by atoms with Crippen molar-refractivity contribution in [2.75, 3.05) is 7.11 Å². The van der Waals surface area contributed by atoms with Crippen molar-refractivity contribution in [1.29, 1.82) is 0 Å². The Labute approximate surface area is 166 Å². The van der Waals surface area contributed by atoms with Crippen LogP contribution in [0.15, 0.2) is 76.4 Å². The zero-order valence-electron chi connectivity index (χ0n) is 15.8. The van der Waals surface area contributed by atoms with E-state index in [9.17, 15) is 9.59 Å². The first-order chi connectivity index (χ1) is 14.1. The molecule has 0 bridgehead atoms. The van der Waals surface area contributed by atoms with Gasteiger partial charge in [-0.15, -0.1) is 0 Å². The van der Waals surface area contributed by atoms with Crippen LogP contribution in [-0.2, 0) is 13.1 Å². The molecular weight excluding hydrogens is 370 g/mol. The molecule has 1 amide bonds. The summed E-state index contributed by atoms with van der Waals surface area (Å²) in [5, 5.41) is 0.856. The summed E-state index contributed by atoms with van der Waals surface area (Å²) in [5.74, 6) is 1.08. The van der Waals surface area contributed by atoms with E-state index in [1.807, 2.05) is 12.1 Å². The number of amides is 1. The van der Waals surface area contributed by atoms with Crippen molar-refractivity contribution in [3.8, 4) is 5.75 Å². The molecule has 29 heavy (non-hydrogen) atoms. The van der Waals surface area contributed by atoms with Crippen molar-refractivity contribution in [3.63, 3.8) is 0 Å². The standard InChI is InChI=1S/C22H19N3O4/c1-28-18-5-4-16-11-17(21(26)24-20(16)12-18)13-25(14-19-3-2-10-29-19)22(27)15-6-8-23-9-7-15/h2-12H,13-14H2,1H3,(H,24,26). The van der Waals surface area contributed by atoms with Gasteiger partial charge in [0, 0.05) is 29.6 Å². The highest BCUT2D eigenvalue weighted by atomic mass is 16.5. The van der Waals surface area contributed by atoms with E-state index in [2.05, 4.69) is 9.97 Å². The van der Waals surface area contributed by atoms with Gasteiger partial charge in [0.05, 0.1) is 32.0 Å². The topological polar surface area (TPSA) is 88.4 Å². The van der Waals surface area contributed by atoms with Gasteiger partial charge < -0.3 is 19.0 Å². The van der Waals surface area contributed by atoms with Gasteiger partial charge in [0.2, 0.25) is 0 Å². The second-order valence-electron chi connectivity index (χ2n) is 6.55. The number of benzene rings is 1. The minimum absolute atomic E-state index is 0.138. The van der Waals surface area contributed by atoms with E-state index >= 15 is 0 Å². The molecule has 7 heteroatoms. The first-order valence-electron chi connectivity index (χ1n) is 9.05. The maximum absolute atomic E-state index is 13.1. The maximum atomic E-state index is 13.1. The second-order valence-corrected chi connectivity index (χ2v) is 6.55. The van der Waals surface area contributed by atoms with Gasteiger partial charge in [0.1, 0.15) is 11.5 Å². The van der Waals surface area contributed by atoms with Crippen LogP contribution in [0.3, 0.4) is 0 Å². The Bertz CT molecular complexity index is 1180. The zero-order valence-corrected chi connectivity index (χ0v) is 15.8. The summed E-state index contributed by atoms with van der Waals surface area (Å²) in [5.41, 5.74) is 1.40. The first kappa shape index (κ1) is 18.5. The fourth-order valence-corrected chi connectivity index (χ4v) is 3.14. The van der Waals surface area contributed by atoms with Gasteiger partial charge in [0.15, 0.2) is 0 Å². The number of carbonyl (C=O) groups excluding carboxylic acids is 1. The molecule has 7 nitrogen and oxygen atoms in total. The molecule has 0 unspecified atom stereocenters. The summed E-state index contributed by atoms with van der Waals surface area (Å²) in [4.78, 5) is 34.1. The highest BCUT2D eigenvalue weighted by Crippen LogP contribution is 2.20. The molecule has 0 aliphatic carbocycles. The average molecular weight is 389 g/mol. The van der Waals surface area contributed by atoms with Crippen LogP contribution in [0.1, 0.15) is 21.7 Å². The van der Waals surface area contributed by atoms with Crippen LogP contribution < -0.4 is 10.3 Å². The molecule has 0 spiro atoms. The highest BCUT2D eigenvalue weighted by molar-refractivity contribution is 5.94. The summed E-state index contributed by atoms with van der Waals surface area (Å²) < 4.78 is 10.6. The van der Waals surface area contributed by atoms with Crippen LogP contribution in [0.2, 0.25) is 0 Å². The smallest absolute Gasteiger partial charge is 0.254 e. The van der Waals surface area contributed by atoms with Gasteiger partial charge in [-0.3, -0.25) is 14.6 Å². The monoisotopic (exact) mass is 389 g/mol. The summed E-state index contributed by atoms with van der Waals surface area (Å²) in [7, 11) is 1.57. The number of nitrogens with zero attached hydrogens (tertiary/aromatic N) is 2. The largest absolute Gasteiger partial charge is 0.497 e. The van der Waals surface area contributed by atoms with Gasteiger partial charge >= 0.3 is 0 Å². The number of H-pyrrole nitrogens is 1. The number of furan rings is 1. The van der Waals surface area contributed by atoms with E-state index < -0.39 is 0 Å². The average Bonchev–Trinajstić information content (AvgIpc) is 3.26. The third kappa shape index (κ3) is 4.03. The van der Waals surface area contributed by atoms with E-state index in [1.54, 1.807) is 67.1 Å². The zero-order chi connectivity index (χ0) is 20.2. The summed E-state index contributed by atoms with van der Waals surface area (Å²) in [6, 6.07) is 14.1. The Morgan fingerprint density at radius 3 is 2.69 bits per heavy atom. The molecule has 1 N–H and O–H groups in total. The molecule has 0 fully saturated rings. The van der Waals surface area contributed by atoms with Gasteiger partial charge in [0.25, 0.3) is 11.5 Å². The van der Waals surface area contributed by atoms with Crippen LogP contribution >= 0.6 is 0 Å². The quantitative estimate of drug-likeness (QED) is 0.546. The van der Waals surface area contributed by atoms with E-state index in [4.69, 9.17) is 9.15 Å². The second kappa shape index (κ2) is 8.02. The Morgan fingerprint density at radius 1 is 1.14 bits per heavy atom. The molecule has 1 aromatic carbocycles. The maximum Gasteiger partial charge on any atom is 0.254 e. The minimum atomic E-state index is -0.252. The lowest BCUT2D eigenvalue weighted by Crippen LogP contribution is -2.32. The van der Waals surface area contributed by atoms with Crippen LogP contribution in [0.4, 0.5) is 0 Å². The summed E-state index contributed by atoms with van der Waals surface area (Å²) in [6.07, 6.45) is 4.68. The van der Waals surface area contributed by atoms with Crippen molar-refractivity contribution in [3.05, 3.63) is 94.4 Å². The third-order valence-electron chi connectivity index (χ3n) is 4.63. The van der Waals surface area contributed by atoms with Crippen molar-refractivity contribution in [2.45, 2.75) is 13.1 Å². The number of pyridine rings is 2. The summed E-state index contributed by atoms with van der Waals surface area (Å²) >= 11 is 0. The Kier molecular flexibility index (Phi) is 5.11. The normalized spacial score (nSPS) is 10.8. The molecule has 0 atom stereocenters. The van der Waals surface area contributed by atoms with Gasteiger partial charge in [-0.25, -0.2) is 0 Å². The Morgan fingerprint density at radius 2 is 1.97 bits per heavy atom. The predicted molar refractivity (Wildman–Crippen MR) is 108 cm³/mol. The molecule has 0 saturated heterocycles. The molecule has 3 heterocycles. The van der Waals surface area contributed by atoms with E-state index in [0.29, 0.717) is 28.2 Å². The lowest BCUT2D eigenvalue weighted by Gasteiger charge is -2.22. The first-order valence-corrected chi connectivity index (χ1v) is 9.05. The number of nitrogens with one attached hydrogen (secondary N) is 1. The fourth-order valence-electron chi connectivity index (χ4n) is 3.14. The van der Waals surface area contributed by atoms with Crippen molar-refractivity contribution >= 4 is 16.8 Å². The molecule has 0 saturated carbocycles. The molecule has 0 aliphatic rings. The highest BCUT2D eigenvalue weighted by Gasteiger charge is 2.19. The molecule has 146 valence electrons. The number of hydrogen-bond donors (Lipinski definition) is 1. The van der Waals surface area contributed by atoms with Crippen molar-refractivity contribution in [1.82, 2.24) is 14.9 Å². The Balaban J connectivity index is 1.69. The fraction of sp³-hybridized carbons (Fsp3) is 0.136. The predicted octanol–water partition coefficient (Wildman–Crippen LogP) is 3.37. The number of aromatic amines is 1. The van der Waals surface area contributed by atoms with Crippen LogP contribution in [0.25, 0.3) is 10.9 Å². The van der Waals surface area contributed by atoms with Crippen LogP contribution in [0, 0.1) is 0 Å². The van der Waals surface area contributed by atoms with E-state index in [0.717, 1.165) is 5.39 Å². The molecule has 3 aromatic heterocycles. The number of aromatic nitrogens is 2. The number of ether oxygens (including phenoxy) is 1. The third-order valence-corrected chi connectivity index (χ3v) is 4.63. The van der Waals surface area contributed by atoms with Gasteiger partial charge in [-0.1, -0.05) is 0 Å². The number of rotatable bonds is 6. The number of fused-ring (bicyclic) bond motifs is 1. The van der Waals surface area contributed by atoms with E-state index in [-0.39, 0.29) is 24.6 Å². The molecular formula is C22H19N3O4. The van der Waals surface area contributed by atoms with E-state index in [1.165, 1.54) is 0 Å². The minimum Gasteiger partial charge on any atom is -0.497 e. The van der Waals surface area contributed by atoms with Gasteiger partial charge in [-0.2, -0.15) is 0 Å². The molecule has 4 aromatic rings.